The molecule has 3 aromatic rings. The normalized spacial score (nSPS) is 16.6. The van der Waals surface area contributed by atoms with Gasteiger partial charge in [0.25, 0.3) is 0 Å². The van der Waals surface area contributed by atoms with E-state index in [1.165, 1.54) is 5.57 Å². The quantitative estimate of drug-likeness (QED) is 0.607. The van der Waals surface area contributed by atoms with E-state index < -0.39 is 0 Å². The van der Waals surface area contributed by atoms with E-state index in [-0.39, 0.29) is 12.1 Å². The van der Waals surface area contributed by atoms with Gasteiger partial charge in [0.1, 0.15) is 23.6 Å². The summed E-state index contributed by atoms with van der Waals surface area (Å²) in [4.78, 5) is 23.6. The molecular weight excluding hydrogens is 442 g/mol. The lowest BCUT2D eigenvalue weighted by Crippen LogP contribution is -2.41. The van der Waals surface area contributed by atoms with Gasteiger partial charge in [0, 0.05) is 63.4 Å². The van der Waals surface area contributed by atoms with Crippen LogP contribution in [0, 0.1) is 11.3 Å². The molecule has 2 aliphatic heterocycles. The fourth-order valence-electron chi connectivity index (χ4n) is 4.67. The van der Waals surface area contributed by atoms with Crippen molar-refractivity contribution < 1.29 is 14.3 Å². The Kier molecular flexibility index (Phi) is 6.43. The second kappa shape index (κ2) is 9.80. The third-order valence-electron chi connectivity index (χ3n) is 6.64. The van der Waals surface area contributed by atoms with Crippen LogP contribution in [0.5, 0.6) is 5.75 Å². The van der Waals surface area contributed by atoms with Crippen LogP contribution in [0.3, 0.4) is 0 Å². The summed E-state index contributed by atoms with van der Waals surface area (Å²) < 4.78 is 11.5. The van der Waals surface area contributed by atoms with Crippen LogP contribution >= 0.6 is 0 Å². The number of hydrogen-bond acceptors (Lipinski definition) is 5. The molecule has 2 aromatic heterocycles. The molecule has 1 saturated heterocycles. The topological polar surface area (TPSA) is 94.5 Å². The van der Waals surface area contributed by atoms with Crippen molar-refractivity contribution in [3.05, 3.63) is 53.9 Å². The molecule has 1 N–H and O–H groups in total. The number of nitrogens with zero attached hydrogens (tertiary/aromatic N) is 4. The lowest BCUT2D eigenvalue weighted by molar-refractivity contribution is 0.0254. The van der Waals surface area contributed by atoms with Crippen LogP contribution < -0.4 is 4.74 Å². The fourth-order valence-corrected chi connectivity index (χ4v) is 4.67. The largest absolute Gasteiger partial charge is 0.489 e. The highest BCUT2D eigenvalue weighted by molar-refractivity contribution is 5.95. The first-order valence-electron chi connectivity index (χ1n) is 11.9. The molecule has 2 aliphatic rings. The number of pyridine rings is 1. The Morgan fingerprint density at radius 3 is 2.80 bits per heavy atom. The maximum absolute atomic E-state index is 12.2. The number of rotatable bonds is 4. The van der Waals surface area contributed by atoms with E-state index in [1.807, 2.05) is 35.5 Å². The van der Waals surface area contributed by atoms with Gasteiger partial charge in [0.05, 0.1) is 18.8 Å². The van der Waals surface area contributed by atoms with E-state index in [2.05, 4.69) is 28.2 Å². The smallest absolute Gasteiger partial charge is 0.319 e. The van der Waals surface area contributed by atoms with Gasteiger partial charge < -0.3 is 24.3 Å². The number of fused-ring (bicyclic) bond motifs is 1. The molecule has 1 aromatic carbocycles. The Morgan fingerprint density at radius 2 is 2.09 bits per heavy atom. The van der Waals surface area contributed by atoms with Crippen molar-refractivity contribution in [2.75, 3.05) is 40.4 Å². The van der Waals surface area contributed by atoms with E-state index in [0.717, 1.165) is 47.0 Å². The number of amides is 2. The number of benzene rings is 1. The molecule has 0 unspecified atom stereocenters. The highest BCUT2D eigenvalue weighted by Gasteiger charge is 2.21. The zero-order chi connectivity index (χ0) is 24.4. The number of ether oxygens (including phenoxy) is 2. The van der Waals surface area contributed by atoms with Crippen molar-refractivity contribution in [1.29, 1.82) is 5.26 Å². The molecule has 0 atom stereocenters. The lowest BCUT2D eigenvalue weighted by Gasteiger charge is -2.29. The predicted molar refractivity (Wildman–Crippen MR) is 134 cm³/mol. The monoisotopic (exact) mass is 471 g/mol. The van der Waals surface area contributed by atoms with Crippen molar-refractivity contribution >= 4 is 22.6 Å². The first-order valence-corrected chi connectivity index (χ1v) is 11.9. The third-order valence-corrected chi connectivity index (χ3v) is 6.64. The van der Waals surface area contributed by atoms with Gasteiger partial charge in [-0.1, -0.05) is 12.1 Å². The van der Waals surface area contributed by atoms with Crippen LogP contribution in [-0.4, -0.2) is 72.3 Å². The van der Waals surface area contributed by atoms with Crippen LogP contribution in [-0.2, 0) is 4.74 Å². The molecular formula is C27H29N5O3. The first-order chi connectivity index (χ1) is 17.0. The van der Waals surface area contributed by atoms with Gasteiger partial charge in [-0.25, -0.2) is 9.78 Å². The van der Waals surface area contributed by atoms with Gasteiger partial charge >= 0.3 is 6.03 Å². The lowest BCUT2D eigenvalue weighted by atomic mass is 9.98. The first kappa shape index (κ1) is 22.9. The number of nitrogens with one attached hydrogen (secondary N) is 1. The minimum atomic E-state index is 0.0272. The number of aromatic nitrogens is 2. The summed E-state index contributed by atoms with van der Waals surface area (Å²) in [6.45, 7) is 2.65. The van der Waals surface area contributed by atoms with Crippen molar-refractivity contribution in [2.45, 2.75) is 25.4 Å². The van der Waals surface area contributed by atoms with Crippen molar-refractivity contribution in [1.82, 2.24) is 19.8 Å². The number of carbonyl (C=O) groups is 1. The summed E-state index contributed by atoms with van der Waals surface area (Å²) in [5.74, 6) is 0.617. The molecule has 180 valence electrons. The van der Waals surface area contributed by atoms with E-state index in [1.54, 1.807) is 19.0 Å². The van der Waals surface area contributed by atoms with E-state index in [0.29, 0.717) is 37.6 Å². The second-order valence-corrected chi connectivity index (χ2v) is 9.18. The highest BCUT2D eigenvalue weighted by Crippen LogP contribution is 2.34. The molecule has 4 heterocycles. The molecule has 0 radical (unpaired) electrons. The van der Waals surface area contributed by atoms with E-state index in [4.69, 9.17) is 9.47 Å². The number of H-pyrrole nitrogens is 1. The van der Waals surface area contributed by atoms with Gasteiger partial charge in [0.2, 0.25) is 0 Å². The van der Waals surface area contributed by atoms with Gasteiger partial charge in [-0.3, -0.25) is 0 Å². The molecule has 0 bridgehead atoms. The molecule has 5 rings (SSSR count). The third kappa shape index (κ3) is 4.73. The van der Waals surface area contributed by atoms with Crippen LogP contribution in [0.25, 0.3) is 27.7 Å². The van der Waals surface area contributed by atoms with Crippen molar-refractivity contribution in [3.8, 4) is 22.9 Å². The number of aromatic amines is 1. The standard InChI is InChI=1S/C27H29N5O3/c1-31(2)27(33)32-9-5-18(6-10-32)21-14-23-24(17-30-26(23)29-16-21)19-3-4-25(20(13-19)15-28)35-22-7-11-34-12-8-22/h3-5,13-14,16-17,22H,6-12H2,1-2H3,(H,29,30). The Balaban J connectivity index is 1.41. The summed E-state index contributed by atoms with van der Waals surface area (Å²) in [6, 6.07) is 10.2. The van der Waals surface area contributed by atoms with E-state index >= 15 is 0 Å². The summed E-state index contributed by atoms with van der Waals surface area (Å²) in [5, 5.41) is 10.8. The average Bonchev–Trinajstić information content (AvgIpc) is 3.32. The average molecular weight is 472 g/mol. The van der Waals surface area contributed by atoms with Crippen LogP contribution in [0.1, 0.15) is 30.4 Å². The maximum atomic E-state index is 12.2. The van der Waals surface area contributed by atoms with Crippen LogP contribution in [0.4, 0.5) is 4.79 Å². The molecule has 8 heteroatoms. The summed E-state index contributed by atoms with van der Waals surface area (Å²) in [5.41, 5.74) is 5.48. The number of urea groups is 1. The fraction of sp³-hybridized carbons (Fsp3) is 0.370. The maximum Gasteiger partial charge on any atom is 0.319 e. The molecule has 0 spiro atoms. The Morgan fingerprint density at radius 1 is 1.26 bits per heavy atom. The summed E-state index contributed by atoms with van der Waals surface area (Å²) in [6.07, 6.45) is 8.45. The van der Waals surface area contributed by atoms with E-state index in [9.17, 15) is 10.1 Å². The molecule has 0 saturated carbocycles. The van der Waals surface area contributed by atoms with Gasteiger partial charge in [-0.2, -0.15) is 5.26 Å². The summed E-state index contributed by atoms with van der Waals surface area (Å²) in [7, 11) is 3.54. The van der Waals surface area contributed by atoms with Gasteiger partial charge in [0.15, 0.2) is 0 Å². The minimum absolute atomic E-state index is 0.0272. The highest BCUT2D eigenvalue weighted by atomic mass is 16.5. The minimum Gasteiger partial charge on any atom is -0.489 e. The Hall–Kier alpha value is -3.83. The number of nitriles is 1. The number of carbonyl (C=O) groups excluding carboxylic acids is 1. The molecule has 0 aliphatic carbocycles. The SMILES string of the molecule is CN(C)C(=O)N1CC=C(c2cnc3[nH]cc(-c4ccc(OC5CCOCC5)c(C#N)c4)c3c2)CC1. The van der Waals surface area contributed by atoms with Crippen LogP contribution in [0.2, 0.25) is 0 Å². The Labute approximate surface area is 204 Å². The molecule has 2 amide bonds. The zero-order valence-electron chi connectivity index (χ0n) is 20.1. The summed E-state index contributed by atoms with van der Waals surface area (Å²) >= 11 is 0. The van der Waals surface area contributed by atoms with Gasteiger partial charge in [-0.15, -0.1) is 0 Å². The molecule has 35 heavy (non-hydrogen) atoms. The van der Waals surface area contributed by atoms with Crippen molar-refractivity contribution in [3.63, 3.8) is 0 Å². The van der Waals surface area contributed by atoms with Gasteiger partial charge in [-0.05, 0) is 41.3 Å². The van der Waals surface area contributed by atoms with Crippen LogP contribution in [0.15, 0.2) is 42.7 Å². The molecule has 8 nitrogen and oxygen atoms in total. The predicted octanol–water partition coefficient (Wildman–Crippen LogP) is 4.43. The van der Waals surface area contributed by atoms with Crippen molar-refractivity contribution in [2.24, 2.45) is 0 Å². The number of hydrogen-bond donors (Lipinski definition) is 1. The molecule has 1 fully saturated rings. The second-order valence-electron chi connectivity index (χ2n) is 9.18. The Bertz CT molecular complexity index is 1310. The zero-order valence-corrected chi connectivity index (χ0v) is 20.1.